The van der Waals surface area contributed by atoms with E-state index in [0.29, 0.717) is 6.42 Å². The van der Waals surface area contributed by atoms with E-state index in [1.807, 2.05) is 0 Å². The minimum atomic E-state index is -0.956. The third kappa shape index (κ3) is 0.823. The lowest BCUT2D eigenvalue weighted by atomic mass is 9.67. The van der Waals surface area contributed by atoms with Crippen molar-refractivity contribution in [3.63, 3.8) is 0 Å². The highest BCUT2D eigenvalue weighted by molar-refractivity contribution is 5.99. The minimum absolute atomic E-state index is 0.382. The Morgan fingerprint density at radius 2 is 1.87 bits per heavy atom. The van der Waals surface area contributed by atoms with Crippen molar-refractivity contribution in [2.75, 3.05) is 0 Å². The molecule has 5 atom stereocenters. The van der Waals surface area contributed by atoms with Gasteiger partial charge in [-0.25, -0.2) is 0 Å². The lowest BCUT2D eigenvalue weighted by Crippen LogP contribution is -2.48. The Balaban J connectivity index is 2.14. The second-order valence-electron chi connectivity index (χ2n) is 5.01. The van der Waals surface area contributed by atoms with Gasteiger partial charge in [0.1, 0.15) is 17.4 Å². The van der Waals surface area contributed by atoms with Crippen LogP contribution in [-0.4, -0.2) is 34.4 Å². The topological polar surface area (TPSA) is 72.8 Å². The van der Waals surface area contributed by atoms with Gasteiger partial charge in [-0.1, -0.05) is 0 Å². The molecule has 3 saturated heterocycles. The molecular weight excluding hydrogens is 200 g/mol. The molecule has 1 unspecified atom stereocenters. The molecule has 3 fully saturated rings. The highest BCUT2D eigenvalue weighted by atomic mass is 16.6. The quantitative estimate of drug-likeness (QED) is 0.437. The van der Waals surface area contributed by atoms with Gasteiger partial charge in [0.05, 0.1) is 11.7 Å². The fraction of sp³-hybridized carbons (Fsp3) is 0.800. The molecule has 0 amide bonds. The number of rotatable bonds is 0. The van der Waals surface area contributed by atoms with Gasteiger partial charge in [0, 0.05) is 6.42 Å². The largest absolute Gasteiger partial charge is 0.393 e. The fourth-order valence-electron chi connectivity index (χ4n) is 3.32. The molecule has 0 aromatic rings. The molecule has 3 aliphatic rings. The van der Waals surface area contributed by atoms with Crippen LogP contribution < -0.4 is 0 Å². The molecule has 15 heavy (non-hydrogen) atoms. The molecule has 0 aromatic carbocycles. The number of carbonyl (C=O) groups excluding carboxylic acids is 2. The van der Waals surface area contributed by atoms with Crippen molar-refractivity contribution < 1.29 is 24.2 Å². The number of hydrogen-bond donors (Lipinski definition) is 1. The zero-order chi connectivity index (χ0) is 11.0. The fourth-order valence-corrected chi connectivity index (χ4v) is 3.32. The van der Waals surface area contributed by atoms with Crippen LogP contribution in [0.2, 0.25) is 0 Å². The van der Waals surface area contributed by atoms with E-state index < -0.39 is 41.1 Å². The maximum Gasteiger partial charge on any atom is 0.320 e. The van der Waals surface area contributed by atoms with Crippen LogP contribution in [0.4, 0.5) is 0 Å². The van der Waals surface area contributed by atoms with Gasteiger partial charge in [-0.05, 0) is 13.8 Å². The molecule has 0 saturated carbocycles. The number of esters is 2. The summed E-state index contributed by atoms with van der Waals surface area (Å²) in [5.74, 6) is -2.25. The third-order valence-electron chi connectivity index (χ3n) is 4.03. The van der Waals surface area contributed by atoms with Gasteiger partial charge in [-0.2, -0.15) is 0 Å². The average Bonchev–Trinajstić information content (AvgIpc) is 2.58. The Bertz CT molecular complexity index is 378. The van der Waals surface area contributed by atoms with E-state index in [-0.39, 0.29) is 0 Å². The van der Waals surface area contributed by atoms with Crippen LogP contribution in [0.15, 0.2) is 0 Å². The summed E-state index contributed by atoms with van der Waals surface area (Å²) in [6.45, 7) is 3.43. The van der Waals surface area contributed by atoms with E-state index in [2.05, 4.69) is 4.74 Å². The smallest absolute Gasteiger partial charge is 0.320 e. The predicted molar refractivity (Wildman–Crippen MR) is 46.6 cm³/mol. The van der Waals surface area contributed by atoms with Gasteiger partial charge in [-0.15, -0.1) is 0 Å². The predicted octanol–water partition coefficient (Wildman–Crippen LogP) is -0.386. The van der Waals surface area contributed by atoms with Crippen LogP contribution in [0.5, 0.6) is 0 Å². The Labute approximate surface area is 86.4 Å². The Kier molecular flexibility index (Phi) is 1.39. The minimum Gasteiger partial charge on any atom is -0.393 e. The van der Waals surface area contributed by atoms with E-state index >= 15 is 0 Å². The molecule has 0 spiro atoms. The number of hydrogen-bond acceptors (Lipinski definition) is 5. The Morgan fingerprint density at radius 1 is 1.27 bits per heavy atom. The van der Waals surface area contributed by atoms with Crippen molar-refractivity contribution in [2.24, 2.45) is 11.8 Å². The number of carbonyl (C=O) groups is 2. The van der Waals surface area contributed by atoms with Crippen molar-refractivity contribution in [1.82, 2.24) is 0 Å². The SMILES string of the molecule is C[C@@]12CC(O)[C@@](C)(O1)[C@H]1C(=O)OC(=O)[C@H]12. The molecule has 5 heteroatoms. The molecule has 1 N–H and O–H groups in total. The summed E-state index contributed by atoms with van der Waals surface area (Å²) < 4.78 is 10.3. The van der Waals surface area contributed by atoms with E-state index in [1.54, 1.807) is 13.8 Å². The van der Waals surface area contributed by atoms with Gasteiger partial charge in [-0.3, -0.25) is 9.59 Å². The maximum absolute atomic E-state index is 11.5. The van der Waals surface area contributed by atoms with Crippen molar-refractivity contribution in [3.8, 4) is 0 Å². The molecule has 3 heterocycles. The normalized spacial score (nSPS) is 57.1. The molecule has 3 aliphatic heterocycles. The lowest BCUT2D eigenvalue weighted by Gasteiger charge is -2.30. The molecular formula is C10H12O5. The molecule has 2 bridgehead atoms. The standard InChI is InChI=1S/C10H12O5/c1-9-3-4(11)10(2,15-9)6-5(9)7(12)14-8(6)13/h4-6,11H,3H2,1-2H3/t4?,5-,6+,9-,10+/m0/s1. The zero-order valence-corrected chi connectivity index (χ0v) is 8.52. The third-order valence-corrected chi connectivity index (χ3v) is 4.03. The maximum atomic E-state index is 11.5. The number of aliphatic hydroxyl groups is 1. The van der Waals surface area contributed by atoms with E-state index in [4.69, 9.17) is 4.74 Å². The first kappa shape index (κ1) is 9.30. The van der Waals surface area contributed by atoms with Crippen LogP contribution in [0, 0.1) is 11.8 Å². The van der Waals surface area contributed by atoms with Gasteiger partial charge in [0.2, 0.25) is 0 Å². The van der Waals surface area contributed by atoms with E-state index in [0.717, 1.165) is 0 Å². The summed E-state index contributed by atoms with van der Waals surface area (Å²) >= 11 is 0. The van der Waals surface area contributed by atoms with Crippen molar-refractivity contribution in [3.05, 3.63) is 0 Å². The Hall–Kier alpha value is -0.940. The zero-order valence-electron chi connectivity index (χ0n) is 8.52. The number of aliphatic hydroxyl groups excluding tert-OH is 1. The van der Waals surface area contributed by atoms with Crippen LogP contribution in [-0.2, 0) is 19.1 Å². The first-order valence-corrected chi connectivity index (χ1v) is 5.02. The second-order valence-corrected chi connectivity index (χ2v) is 5.01. The van der Waals surface area contributed by atoms with Crippen LogP contribution in [0.1, 0.15) is 20.3 Å². The highest BCUT2D eigenvalue weighted by Crippen LogP contribution is 2.59. The van der Waals surface area contributed by atoms with Crippen LogP contribution >= 0.6 is 0 Å². The summed E-state index contributed by atoms with van der Waals surface area (Å²) in [6, 6.07) is 0. The van der Waals surface area contributed by atoms with Crippen LogP contribution in [0.25, 0.3) is 0 Å². The van der Waals surface area contributed by atoms with E-state index in [1.165, 1.54) is 0 Å². The van der Waals surface area contributed by atoms with E-state index in [9.17, 15) is 14.7 Å². The summed E-state index contributed by atoms with van der Waals surface area (Å²) in [5.41, 5.74) is -1.70. The summed E-state index contributed by atoms with van der Waals surface area (Å²) in [5, 5.41) is 9.85. The van der Waals surface area contributed by atoms with Gasteiger partial charge in [0.15, 0.2) is 0 Å². The van der Waals surface area contributed by atoms with Crippen molar-refractivity contribution >= 4 is 11.9 Å². The second kappa shape index (κ2) is 2.25. The summed E-state index contributed by atoms with van der Waals surface area (Å²) in [7, 11) is 0. The number of cyclic esters (lactones) is 2. The molecule has 0 aliphatic carbocycles. The molecule has 0 aromatic heterocycles. The average molecular weight is 212 g/mol. The molecule has 0 radical (unpaired) electrons. The summed E-state index contributed by atoms with van der Waals surface area (Å²) in [4.78, 5) is 23.0. The first-order valence-electron chi connectivity index (χ1n) is 5.02. The lowest BCUT2D eigenvalue weighted by molar-refractivity contribution is -0.162. The number of ether oxygens (including phenoxy) is 2. The first-order chi connectivity index (χ1) is 6.88. The highest BCUT2D eigenvalue weighted by Gasteiger charge is 2.75. The molecule has 5 nitrogen and oxygen atoms in total. The number of fused-ring (bicyclic) bond motifs is 5. The monoisotopic (exact) mass is 212 g/mol. The summed E-state index contributed by atoms with van der Waals surface area (Å²) in [6.07, 6.45) is -0.324. The van der Waals surface area contributed by atoms with Gasteiger partial charge in [0.25, 0.3) is 0 Å². The van der Waals surface area contributed by atoms with Crippen molar-refractivity contribution in [1.29, 1.82) is 0 Å². The van der Waals surface area contributed by atoms with Gasteiger partial charge < -0.3 is 14.6 Å². The van der Waals surface area contributed by atoms with Crippen LogP contribution in [0.3, 0.4) is 0 Å². The molecule has 3 rings (SSSR count). The van der Waals surface area contributed by atoms with Gasteiger partial charge >= 0.3 is 11.9 Å². The van der Waals surface area contributed by atoms with Crippen molar-refractivity contribution in [2.45, 2.75) is 37.6 Å². The molecule has 82 valence electrons. The Morgan fingerprint density at radius 3 is 2.53 bits per heavy atom.